The van der Waals surface area contributed by atoms with Crippen LogP contribution in [-0.2, 0) is 11.8 Å². The maximum atomic E-state index is 9.43. The van der Waals surface area contributed by atoms with Gasteiger partial charge in [-0.05, 0) is 47.2 Å². The number of aromatic nitrogens is 1. The van der Waals surface area contributed by atoms with Crippen molar-refractivity contribution in [1.82, 2.24) is 4.98 Å². The molecule has 0 aliphatic heterocycles. The number of benzene rings is 2. The van der Waals surface area contributed by atoms with Crippen molar-refractivity contribution in [2.24, 2.45) is 0 Å². The highest BCUT2D eigenvalue weighted by atomic mass is 16.5. The van der Waals surface area contributed by atoms with Gasteiger partial charge >= 0.3 is 0 Å². The Kier molecular flexibility index (Phi) is 6.31. The molecule has 0 aliphatic carbocycles. The van der Waals surface area contributed by atoms with Crippen molar-refractivity contribution in [2.75, 3.05) is 26.1 Å². The molecule has 0 saturated heterocycles. The van der Waals surface area contributed by atoms with Gasteiger partial charge in [0.15, 0.2) is 11.5 Å². The third-order valence-corrected chi connectivity index (χ3v) is 4.88. The van der Waals surface area contributed by atoms with Crippen LogP contribution in [0, 0.1) is 11.3 Å². The second kappa shape index (κ2) is 8.91. The molecular weight excluding hydrogens is 378 g/mol. The van der Waals surface area contributed by atoms with E-state index in [9.17, 15) is 5.26 Å². The lowest BCUT2D eigenvalue weighted by molar-refractivity contribution is 0.354. The molecule has 0 spiro atoms. The normalized spacial score (nSPS) is 11.1. The number of nitrogens with one attached hydrogen (secondary N) is 1. The number of nitrogens with zero attached hydrogens (tertiary/aromatic N) is 2. The quantitative estimate of drug-likeness (QED) is 0.583. The molecule has 30 heavy (non-hydrogen) atoms. The molecule has 0 bridgehead atoms. The molecule has 1 aromatic heterocycles. The largest absolute Gasteiger partial charge is 0.493 e. The summed E-state index contributed by atoms with van der Waals surface area (Å²) in [5.74, 6) is 2.19. The Morgan fingerprint density at radius 2 is 1.73 bits per heavy atom. The minimum atomic E-state index is 0.0732. The van der Waals surface area contributed by atoms with Crippen LogP contribution in [0.4, 0.5) is 5.88 Å². The average Bonchev–Trinajstić information content (AvgIpc) is 3.16. The van der Waals surface area contributed by atoms with Gasteiger partial charge in [0.2, 0.25) is 17.5 Å². The van der Waals surface area contributed by atoms with Crippen molar-refractivity contribution in [3.63, 3.8) is 0 Å². The number of nitriles is 1. The Hall–Kier alpha value is -3.46. The van der Waals surface area contributed by atoms with Crippen molar-refractivity contribution in [3.8, 4) is 29.0 Å². The van der Waals surface area contributed by atoms with Crippen LogP contribution < -0.4 is 14.8 Å². The van der Waals surface area contributed by atoms with E-state index in [1.807, 2.05) is 30.3 Å². The Balaban J connectivity index is 1.70. The summed E-state index contributed by atoms with van der Waals surface area (Å²) in [7, 11) is 3.23. The van der Waals surface area contributed by atoms with Crippen LogP contribution >= 0.6 is 0 Å². The standard InChI is InChI=1S/C24H27N3O3/c1-24(2,3)18-9-7-17(8-10-18)22-27-19(15-25)23(30-22)26-13-12-16-6-11-20(28-4)21(14-16)29-5/h6-11,14,26H,12-13H2,1-5H3. The summed E-state index contributed by atoms with van der Waals surface area (Å²) in [6, 6.07) is 16.0. The van der Waals surface area contributed by atoms with Gasteiger partial charge in [-0.25, -0.2) is 0 Å². The Morgan fingerprint density at radius 1 is 1.03 bits per heavy atom. The summed E-state index contributed by atoms with van der Waals surface area (Å²) in [6.07, 6.45) is 0.724. The number of anilines is 1. The van der Waals surface area contributed by atoms with E-state index in [-0.39, 0.29) is 11.1 Å². The molecule has 0 atom stereocenters. The number of hydrogen-bond donors (Lipinski definition) is 1. The highest BCUT2D eigenvalue weighted by Gasteiger charge is 2.17. The molecule has 2 aromatic carbocycles. The van der Waals surface area contributed by atoms with E-state index in [0.29, 0.717) is 29.8 Å². The van der Waals surface area contributed by atoms with E-state index >= 15 is 0 Å². The van der Waals surface area contributed by atoms with Crippen molar-refractivity contribution < 1.29 is 13.9 Å². The molecule has 0 fully saturated rings. The van der Waals surface area contributed by atoms with Gasteiger partial charge in [0.05, 0.1) is 14.2 Å². The first-order valence-electron chi connectivity index (χ1n) is 9.82. The second-order valence-corrected chi connectivity index (χ2v) is 8.00. The second-order valence-electron chi connectivity index (χ2n) is 8.00. The lowest BCUT2D eigenvalue weighted by atomic mass is 9.87. The van der Waals surface area contributed by atoms with Gasteiger partial charge < -0.3 is 19.2 Å². The molecule has 156 valence electrons. The van der Waals surface area contributed by atoms with Gasteiger partial charge in [0.1, 0.15) is 6.07 Å². The molecule has 0 unspecified atom stereocenters. The number of ether oxygens (including phenoxy) is 2. The number of methoxy groups -OCH3 is 2. The molecule has 0 radical (unpaired) electrons. The summed E-state index contributed by atoms with van der Waals surface area (Å²) in [6.45, 7) is 7.09. The van der Waals surface area contributed by atoms with Crippen molar-refractivity contribution in [2.45, 2.75) is 32.6 Å². The molecule has 0 amide bonds. The van der Waals surface area contributed by atoms with Crippen LogP contribution in [0.3, 0.4) is 0 Å². The van der Waals surface area contributed by atoms with Gasteiger partial charge in [-0.2, -0.15) is 10.2 Å². The summed E-state index contributed by atoms with van der Waals surface area (Å²) >= 11 is 0. The predicted molar refractivity (Wildman–Crippen MR) is 117 cm³/mol. The van der Waals surface area contributed by atoms with E-state index in [0.717, 1.165) is 17.5 Å². The van der Waals surface area contributed by atoms with Crippen LogP contribution in [0.15, 0.2) is 46.9 Å². The predicted octanol–water partition coefficient (Wildman–Crippen LogP) is 5.18. The van der Waals surface area contributed by atoms with Crippen LogP contribution in [-0.4, -0.2) is 25.7 Å². The topological polar surface area (TPSA) is 80.3 Å². The van der Waals surface area contributed by atoms with Crippen molar-refractivity contribution in [3.05, 3.63) is 59.3 Å². The number of rotatable bonds is 7. The molecule has 1 N–H and O–H groups in total. The first-order valence-corrected chi connectivity index (χ1v) is 9.82. The van der Waals surface area contributed by atoms with Gasteiger partial charge in [-0.1, -0.05) is 39.0 Å². The zero-order valence-corrected chi connectivity index (χ0v) is 18.1. The van der Waals surface area contributed by atoms with Gasteiger partial charge in [-0.15, -0.1) is 0 Å². The Bertz CT molecular complexity index is 1040. The fraction of sp³-hybridized carbons (Fsp3) is 0.333. The van der Waals surface area contributed by atoms with Gasteiger partial charge in [0.25, 0.3) is 0 Å². The Labute approximate surface area is 177 Å². The number of oxazole rings is 1. The minimum absolute atomic E-state index is 0.0732. The molecule has 0 saturated carbocycles. The van der Waals surface area contributed by atoms with Crippen molar-refractivity contribution >= 4 is 5.88 Å². The number of hydrogen-bond acceptors (Lipinski definition) is 6. The third kappa shape index (κ3) is 4.74. The molecule has 6 heteroatoms. The van der Waals surface area contributed by atoms with Crippen LogP contribution in [0.2, 0.25) is 0 Å². The summed E-state index contributed by atoms with van der Waals surface area (Å²) in [5.41, 5.74) is 3.47. The molecule has 6 nitrogen and oxygen atoms in total. The highest BCUT2D eigenvalue weighted by Crippen LogP contribution is 2.29. The third-order valence-electron chi connectivity index (χ3n) is 4.88. The fourth-order valence-corrected chi connectivity index (χ4v) is 3.11. The van der Waals surface area contributed by atoms with E-state index in [2.05, 4.69) is 49.3 Å². The van der Waals surface area contributed by atoms with E-state index < -0.39 is 0 Å². The van der Waals surface area contributed by atoms with Crippen molar-refractivity contribution in [1.29, 1.82) is 5.26 Å². The van der Waals surface area contributed by atoms with Crippen LogP contribution in [0.1, 0.15) is 37.6 Å². The smallest absolute Gasteiger partial charge is 0.232 e. The van der Waals surface area contributed by atoms with E-state index in [4.69, 9.17) is 13.9 Å². The lowest BCUT2D eigenvalue weighted by Crippen LogP contribution is -2.10. The lowest BCUT2D eigenvalue weighted by Gasteiger charge is -2.18. The monoisotopic (exact) mass is 405 g/mol. The first-order chi connectivity index (χ1) is 14.4. The molecule has 3 aromatic rings. The van der Waals surface area contributed by atoms with Crippen LogP contribution in [0.25, 0.3) is 11.5 Å². The summed E-state index contributed by atoms with van der Waals surface area (Å²) < 4.78 is 16.5. The van der Waals surface area contributed by atoms with Gasteiger partial charge in [-0.3, -0.25) is 0 Å². The molecule has 1 heterocycles. The zero-order valence-electron chi connectivity index (χ0n) is 18.1. The maximum Gasteiger partial charge on any atom is 0.232 e. The highest BCUT2D eigenvalue weighted by molar-refractivity contribution is 5.59. The molecule has 0 aliphatic rings. The Morgan fingerprint density at radius 3 is 2.33 bits per heavy atom. The maximum absolute atomic E-state index is 9.43. The van der Waals surface area contributed by atoms with Gasteiger partial charge in [0, 0.05) is 12.1 Å². The zero-order chi connectivity index (χ0) is 21.7. The summed E-state index contributed by atoms with van der Waals surface area (Å²) in [5, 5.41) is 12.6. The van der Waals surface area contributed by atoms with E-state index in [1.165, 1.54) is 5.56 Å². The fourth-order valence-electron chi connectivity index (χ4n) is 3.11. The summed E-state index contributed by atoms with van der Waals surface area (Å²) in [4.78, 5) is 4.34. The van der Waals surface area contributed by atoms with Crippen LogP contribution in [0.5, 0.6) is 11.5 Å². The minimum Gasteiger partial charge on any atom is -0.493 e. The first kappa shape index (κ1) is 21.3. The SMILES string of the molecule is COc1ccc(CCNc2oc(-c3ccc(C(C)(C)C)cc3)nc2C#N)cc1OC. The average molecular weight is 405 g/mol. The molecular formula is C24H27N3O3. The molecule has 3 rings (SSSR count). The van der Waals surface area contributed by atoms with E-state index in [1.54, 1.807) is 14.2 Å².